The molecule has 0 aromatic heterocycles. The van der Waals surface area contributed by atoms with Gasteiger partial charge in [0.1, 0.15) is 0 Å². The van der Waals surface area contributed by atoms with Gasteiger partial charge in [-0.05, 0) is 26.7 Å². The van der Waals surface area contributed by atoms with E-state index in [-0.39, 0.29) is 12.3 Å². The summed E-state index contributed by atoms with van der Waals surface area (Å²) in [6.45, 7) is 6.43. The molecule has 1 saturated heterocycles. The molecule has 5 nitrogen and oxygen atoms in total. The van der Waals surface area contributed by atoms with Gasteiger partial charge in [-0.25, -0.2) is 0 Å². The Kier molecular flexibility index (Phi) is 4.37. The molecule has 0 spiro atoms. The summed E-state index contributed by atoms with van der Waals surface area (Å²) in [5.74, 6) is -0.826. The number of carboxylic acids is 1. The van der Waals surface area contributed by atoms with E-state index in [1.165, 1.54) is 0 Å². The van der Waals surface area contributed by atoms with Gasteiger partial charge in [-0.2, -0.15) is 0 Å². The zero-order valence-electron chi connectivity index (χ0n) is 11.5. The third kappa shape index (κ3) is 3.45. The fourth-order valence-corrected chi connectivity index (χ4v) is 2.55. The van der Waals surface area contributed by atoms with Gasteiger partial charge in [-0.3, -0.25) is 9.59 Å². The molecule has 5 heteroatoms. The fourth-order valence-electron chi connectivity index (χ4n) is 2.55. The van der Waals surface area contributed by atoms with E-state index in [9.17, 15) is 14.7 Å². The van der Waals surface area contributed by atoms with Crippen LogP contribution in [-0.4, -0.2) is 40.5 Å². The molecule has 1 amide bonds. The SMILES string of the molecule is CCCC1(C(=O)O)CCN(C(=O)CC(C)(C)N)C1. The lowest BCUT2D eigenvalue weighted by molar-refractivity contribution is -0.149. The standard InChI is InChI=1S/C13H24N2O3/c1-4-5-13(11(17)18)6-7-15(9-13)10(16)8-12(2,3)14/h4-9,14H2,1-3H3,(H,17,18). The Bertz CT molecular complexity index is 336. The van der Waals surface area contributed by atoms with Crippen molar-refractivity contribution in [2.45, 2.75) is 52.0 Å². The molecule has 3 N–H and O–H groups in total. The molecular weight excluding hydrogens is 232 g/mol. The van der Waals surface area contributed by atoms with Crippen LogP contribution in [0.4, 0.5) is 0 Å². The third-order valence-corrected chi connectivity index (χ3v) is 3.50. The lowest BCUT2D eigenvalue weighted by Crippen LogP contribution is -2.42. The van der Waals surface area contributed by atoms with E-state index in [2.05, 4.69) is 0 Å². The quantitative estimate of drug-likeness (QED) is 0.774. The number of nitrogens with two attached hydrogens (primary N) is 1. The predicted molar refractivity (Wildman–Crippen MR) is 69.1 cm³/mol. The molecule has 1 rings (SSSR count). The molecular formula is C13H24N2O3. The van der Waals surface area contributed by atoms with Crippen molar-refractivity contribution >= 4 is 11.9 Å². The first-order valence-electron chi connectivity index (χ1n) is 6.50. The molecule has 0 aromatic rings. The first-order chi connectivity index (χ1) is 8.20. The van der Waals surface area contributed by atoms with E-state index < -0.39 is 16.9 Å². The van der Waals surface area contributed by atoms with Gasteiger partial charge in [0.25, 0.3) is 0 Å². The maximum Gasteiger partial charge on any atom is 0.311 e. The van der Waals surface area contributed by atoms with Crippen molar-refractivity contribution in [3.63, 3.8) is 0 Å². The minimum absolute atomic E-state index is 0.0401. The van der Waals surface area contributed by atoms with Gasteiger partial charge in [0, 0.05) is 25.0 Å². The fraction of sp³-hybridized carbons (Fsp3) is 0.846. The largest absolute Gasteiger partial charge is 0.481 e. The van der Waals surface area contributed by atoms with Crippen molar-refractivity contribution in [1.29, 1.82) is 0 Å². The molecule has 1 aliphatic heterocycles. The minimum atomic E-state index is -0.786. The van der Waals surface area contributed by atoms with Crippen LogP contribution in [0.25, 0.3) is 0 Å². The number of nitrogens with zero attached hydrogens (tertiary/aromatic N) is 1. The summed E-state index contributed by atoms with van der Waals surface area (Å²) in [6.07, 6.45) is 2.25. The topological polar surface area (TPSA) is 83.6 Å². The highest BCUT2D eigenvalue weighted by Gasteiger charge is 2.45. The van der Waals surface area contributed by atoms with E-state index in [1.54, 1.807) is 18.7 Å². The number of aliphatic carboxylic acids is 1. The Morgan fingerprint density at radius 1 is 1.44 bits per heavy atom. The number of carbonyl (C=O) groups is 2. The third-order valence-electron chi connectivity index (χ3n) is 3.50. The highest BCUT2D eigenvalue weighted by atomic mass is 16.4. The van der Waals surface area contributed by atoms with Gasteiger partial charge in [-0.15, -0.1) is 0 Å². The number of rotatable bonds is 5. The maximum absolute atomic E-state index is 12.0. The maximum atomic E-state index is 12.0. The van der Waals surface area contributed by atoms with Crippen LogP contribution in [-0.2, 0) is 9.59 Å². The molecule has 0 aromatic carbocycles. The number of amides is 1. The first kappa shape index (κ1) is 15.0. The van der Waals surface area contributed by atoms with Crippen molar-refractivity contribution in [3.8, 4) is 0 Å². The van der Waals surface area contributed by atoms with E-state index in [4.69, 9.17) is 5.73 Å². The van der Waals surface area contributed by atoms with Gasteiger partial charge in [0.15, 0.2) is 0 Å². The summed E-state index contributed by atoms with van der Waals surface area (Å²) in [6, 6.07) is 0. The highest BCUT2D eigenvalue weighted by molar-refractivity contribution is 5.81. The Balaban J connectivity index is 2.69. The van der Waals surface area contributed by atoms with Crippen LogP contribution in [0.5, 0.6) is 0 Å². The lowest BCUT2D eigenvalue weighted by atomic mass is 9.83. The Morgan fingerprint density at radius 3 is 2.50 bits per heavy atom. The lowest BCUT2D eigenvalue weighted by Gasteiger charge is -2.26. The minimum Gasteiger partial charge on any atom is -0.481 e. The molecule has 0 saturated carbocycles. The molecule has 0 radical (unpaired) electrons. The van der Waals surface area contributed by atoms with Gasteiger partial charge < -0.3 is 15.7 Å². The normalized spacial score (nSPS) is 24.3. The zero-order chi connectivity index (χ0) is 14.0. The average Bonchev–Trinajstić information content (AvgIpc) is 2.61. The predicted octanol–water partition coefficient (Wildman–Crippen LogP) is 1.22. The molecule has 1 aliphatic rings. The van der Waals surface area contributed by atoms with Crippen LogP contribution < -0.4 is 5.73 Å². The van der Waals surface area contributed by atoms with Crippen LogP contribution >= 0.6 is 0 Å². The number of hydrogen-bond acceptors (Lipinski definition) is 3. The molecule has 18 heavy (non-hydrogen) atoms. The monoisotopic (exact) mass is 256 g/mol. The first-order valence-corrected chi connectivity index (χ1v) is 6.50. The number of carbonyl (C=O) groups excluding carboxylic acids is 1. The number of hydrogen-bond donors (Lipinski definition) is 2. The van der Waals surface area contributed by atoms with Gasteiger partial charge in [-0.1, -0.05) is 13.3 Å². The smallest absolute Gasteiger partial charge is 0.311 e. The number of likely N-dealkylation sites (tertiary alicyclic amines) is 1. The summed E-state index contributed by atoms with van der Waals surface area (Å²) < 4.78 is 0. The van der Waals surface area contributed by atoms with E-state index in [1.807, 2.05) is 6.92 Å². The van der Waals surface area contributed by atoms with E-state index >= 15 is 0 Å². The van der Waals surface area contributed by atoms with Crippen LogP contribution in [0.15, 0.2) is 0 Å². The van der Waals surface area contributed by atoms with E-state index in [0.29, 0.717) is 25.9 Å². The second-order valence-corrected chi connectivity index (χ2v) is 6.07. The summed E-state index contributed by atoms with van der Waals surface area (Å²) in [7, 11) is 0. The Hall–Kier alpha value is -1.10. The molecule has 0 aliphatic carbocycles. The molecule has 1 fully saturated rings. The van der Waals surface area contributed by atoms with Crippen molar-refractivity contribution in [1.82, 2.24) is 4.90 Å². The molecule has 1 atom stereocenters. The van der Waals surface area contributed by atoms with E-state index in [0.717, 1.165) is 6.42 Å². The Morgan fingerprint density at radius 2 is 2.06 bits per heavy atom. The zero-order valence-corrected chi connectivity index (χ0v) is 11.5. The summed E-state index contributed by atoms with van der Waals surface area (Å²) in [5, 5.41) is 9.36. The van der Waals surface area contributed by atoms with Crippen LogP contribution in [0.1, 0.15) is 46.5 Å². The highest BCUT2D eigenvalue weighted by Crippen LogP contribution is 2.36. The number of carboxylic acid groups (broad SMARTS) is 1. The Labute approximate surface area is 108 Å². The van der Waals surface area contributed by atoms with Crippen molar-refractivity contribution < 1.29 is 14.7 Å². The molecule has 1 unspecified atom stereocenters. The summed E-state index contributed by atoms with van der Waals surface area (Å²) in [4.78, 5) is 25.1. The van der Waals surface area contributed by atoms with Gasteiger partial charge in [0.2, 0.25) is 5.91 Å². The van der Waals surface area contributed by atoms with Crippen molar-refractivity contribution in [3.05, 3.63) is 0 Å². The molecule has 104 valence electrons. The summed E-state index contributed by atoms with van der Waals surface area (Å²) in [5.41, 5.74) is 4.53. The van der Waals surface area contributed by atoms with Crippen molar-refractivity contribution in [2.75, 3.05) is 13.1 Å². The van der Waals surface area contributed by atoms with Gasteiger partial charge >= 0.3 is 5.97 Å². The summed E-state index contributed by atoms with van der Waals surface area (Å²) >= 11 is 0. The van der Waals surface area contributed by atoms with Crippen molar-refractivity contribution in [2.24, 2.45) is 11.1 Å². The van der Waals surface area contributed by atoms with Gasteiger partial charge in [0.05, 0.1) is 5.41 Å². The van der Waals surface area contributed by atoms with Crippen LogP contribution in [0.3, 0.4) is 0 Å². The van der Waals surface area contributed by atoms with Crippen LogP contribution in [0.2, 0.25) is 0 Å². The van der Waals surface area contributed by atoms with Crippen LogP contribution in [0, 0.1) is 5.41 Å². The second-order valence-electron chi connectivity index (χ2n) is 6.07. The molecule has 0 bridgehead atoms. The molecule has 1 heterocycles. The average molecular weight is 256 g/mol. The second kappa shape index (κ2) is 5.26.